The van der Waals surface area contributed by atoms with Gasteiger partial charge in [-0.1, -0.05) is 54.6 Å². The molecule has 3 rings (SSSR count). The van der Waals surface area contributed by atoms with Crippen LogP contribution in [-0.2, 0) is 6.54 Å². The molecule has 31 heavy (non-hydrogen) atoms. The minimum atomic E-state index is 0.186. The lowest BCUT2D eigenvalue weighted by Crippen LogP contribution is -2.18. The van der Waals surface area contributed by atoms with E-state index < -0.39 is 0 Å². The van der Waals surface area contributed by atoms with Gasteiger partial charge in [-0.05, 0) is 81.6 Å². The van der Waals surface area contributed by atoms with E-state index in [1.807, 2.05) is 26.0 Å². The second kappa shape index (κ2) is 11.6. The molecular formula is C28H35NO2. The normalized spacial score (nSPS) is 12.2. The van der Waals surface area contributed by atoms with Crippen LogP contribution in [0.15, 0.2) is 78.9 Å². The van der Waals surface area contributed by atoms with Crippen LogP contribution in [0.2, 0.25) is 0 Å². The van der Waals surface area contributed by atoms with Gasteiger partial charge >= 0.3 is 0 Å². The van der Waals surface area contributed by atoms with Crippen molar-refractivity contribution in [2.75, 3.05) is 6.54 Å². The zero-order valence-corrected chi connectivity index (χ0v) is 19.2. The molecule has 1 atom stereocenters. The highest BCUT2D eigenvalue weighted by molar-refractivity contribution is 5.36. The van der Waals surface area contributed by atoms with Gasteiger partial charge in [0.2, 0.25) is 0 Å². The predicted octanol–water partition coefficient (Wildman–Crippen LogP) is 6.57. The van der Waals surface area contributed by atoms with Crippen molar-refractivity contribution in [3.05, 3.63) is 95.6 Å². The van der Waals surface area contributed by atoms with Gasteiger partial charge in [-0.2, -0.15) is 0 Å². The van der Waals surface area contributed by atoms with Gasteiger partial charge in [-0.25, -0.2) is 0 Å². The molecule has 3 nitrogen and oxygen atoms in total. The maximum absolute atomic E-state index is 5.81. The van der Waals surface area contributed by atoms with Crippen LogP contribution >= 0.6 is 0 Å². The third kappa shape index (κ3) is 7.45. The Hall–Kier alpha value is -2.78. The molecule has 0 saturated carbocycles. The summed E-state index contributed by atoms with van der Waals surface area (Å²) >= 11 is 0. The van der Waals surface area contributed by atoms with Crippen LogP contribution < -0.4 is 14.8 Å². The van der Waals surface area contributed by atoms with E-state index >= 15 is 0 Å². The molecule has 0 radical (unpaired) electrons. The molecule has 3 heteroatoms. The molecule has 0 fully saturated rings. The smallest absolute Gasteiger partial charge is 0.119 e. The summed E-state index contributed by atoms with van der Waals surface area (Å²) in [5, 5.41) is 3.60. The first-order chi connectivity index (χ1) is 15.0. The van der Waals surface area contributed by atoms with Crippen molar-refractivity contribution < 1.29 is 9.47 Å². The number of hydrogen-bond donors (Lipinski definition) is 1. The monoisotopic (exact) mass is 417 g/mol. The van der Waals surface area contributed by atoms with Gasteiger partial charge in [-0.15, -0.1) is 0 Å². The van der Waals surface area contributed by atoms with E-state index in [2.05, 4.69) is 85.9 Å². The van der Waals surface area contributed by atoms with Crippen molar-refractivity contribution in [2.45, 2.75) is 58.8 Å². The van der Waals surface area contributed by atoms with E-state index in [1.165, 1.54) is 16.7 Å². The fraction of sp³-hybridized carbons (Fsp3) is 0.357. The Morgan fingerprint density at radius 3 is 1.71 bits per heavy atom. The zero-order chi connectivity index (χ0) is 22.1. The number of rotatable bonds is 11. The zero-order valence-electron chi connectivity index (χ0n) is 19.2. The summed E-state index contributed by atoms with van der Waals surface area (Å²) in [6, 6.07) is 27.7. The van der Waals surface area contributed by atoms with Gasteiger partial charge in [0, 0.05) is 12.5 Å². The van der Waals surface area contributed by atoms with E-state index in [0.717, 1.165) is 31.0 Å². The van der Waals surface area contributed by atoms with Crippen LogP contribution in [0.5, 0.6) is 11.5 Å². The van der Waals surface area contributed by atoms with E-state index in [4.69, 9.17) is 9.47 Å². The summed E-state index contributed by atoms with van der Waals surface area (Å²) in [4.78, 5) is 0. The summed E-state index contributed by atoms with van der Waals surface area (Å²) in [5.74, 6) is 2.20. The van der Waals surface area contributed by atoms with Crippen molar-refractivity contribution in [3.63, 3.8) is 0 Å². The third-order valence-corrected chi connectivity index (χ3v) is 5.09. The van der Waals surface area contributed by atoms with Gasteiger partial charge in [0.15, 0.2) is 0 Å². The molecule has 3 aromatic carbocycles. The molecule has 164 valence electrons. The van der Waals surface area contributed by atoms with Crippen LogP contribution in [-0.4, -0.2) is 18.8 Å². The summed E-state index contributed by atoms with van der Waals surface area (Å²) in [5.41, 5.74) is 3.93. The molecule has 0 aliphatic rings. The highest BCUT2D eigenvalue weighted by atomic mass is 16.5. The van der Waals surface area contributed by atoms with Crippen molar-refractivity contribution in [1.29, 1.82) is 0 Å². The van der Waals surface area contributed by atoms with Gasteiger partial charge in [0.1, 0.15) is 11.5 Å². The summed E-state index contributed by atoms with van der Waals surface area (Å²) in [6.07, 6.45) is 1.42. The lowest BCUT2D eigenvalue weighted by molar-refractivity contribution is 0.242. The van der Waals surface area contributed by atoms with E-state index in [0.29, 0.717) is 5.92 Å². The van der Waals surface area contributed by atoms with Crippen molar-refractivity contribution >= 4 is 0 Å². The molecule has 0 bridgehead atoms. The first-order valence-corrected chi connectivity index (χ1v) is 11.3. The molecule has 0 aliphatic heterocycles. The Morgan fingerprint density at radius 2 is 1.16 bits per heavy atom. The summed E-state index contributed by atoms with van der Waals surface area (Å²) in [7, 11) is 0. The quantitative estimate of drug-likeness (QED) is 0.358. The van der Waals surface area contributed by atoms with Gasteiger partial charge < -0.3 is 14.8 Å². The molecule has 0 spiro atoms. The average Bonchev–Trinajstić information content (AvgIpc) is 2.75. The lowest BCUT2D eigenvalue weighted by Gasteiger charge is -2.19. The van der Waals surface area contributed by atoms with Crippen LogP contribution in [0.4, 0.5) is 0 Å². The molecular weight excluding hydrogens is 382 g/mol. The fourth-order valence-electron chi connectivity index (χ4n) is 3.70. The van der Waals surface area contributed by atoms with Crippen molar-refractivity contribution in [2.24, 2.45) is 0 Å². The molecule has 0 aromatic heterocycles. The molecule has 0 unspecified atom stereocenters. The van der Waals surface area contributed by atoms with Gasteiger partial charge in [0.05, 0.1) is 12.2 Å². The number of ether oxygens (including phenoxy) is 2. The minimum Gasteiger partial charge on any atom is -0.491 e. The Kier molecular flexibility index (Phi) is 8.54. The van der Waals surface area contributed by atoms with Crippen molar-refractivity contribution in [3.8, 4) is 11.5 Å². The van der Waals surface area contributed by atoms with Gasteiger partial charge in [0.25, 0.3) is 0 Å². The van der Waals surface area contributed by atoms with Crippen LogP contribution in [0.3, 0.4) is 0 Å². The second-order valence-corrected chi connectivity index (χ2v) is 8.47. The average molecular weight is 418 g/mol. The van der Waals surface area contributed by atoms with Crippen LogP contribution in [0.25, 0.3) is 0 Å². The largest absolute Gasteiger partial charge is 0.491 e. The minimum absolute atomic E-state index is 0.186. The molecule has 1 N–H and O–H groups in total. The van der Waals surface area contributed by atoms with Crippen LogP contribution in [0.1, 0.15) is 56.7 Å². The highest BCUT2D eigenvalue weighted by Crippen LogP contribution is 2.29. The van der Waals surface area contributed by atoms with E-state index in [-0.39, 0.29) is 12.2 Å². The second-order valence-electron chi connectivity index (χ2n) is 8.47. The Balaban J connectivity index is 1.59. The molecule has 0 saturated heterocycles. The molecule has 3 aromatic rings. The SMILES string of the molecule is CC(C)Oc1ccc(CNCC[C@H](c2ccccc2)c2ccc(OC(C)C)cc2)cc1. The molecule has 0 amide bonds. The molecule has 0 aliphatic carbocycles. The standard InChI is InChI=1S/C28H35NO2/c1-21(2)30-26-14-10-23(11-15-26)20-29-19-18-28(24-8-6-5-7-9-24)25-12-16-27(17-13-25)31-22(3)4/h5-17,21-22,28-29H,18-20H2,1-4H3/t28-/m1/s1. The van der Waals surface area contributed by atoms with Crippen LogP contribution in [0, 0.1) is 0 Å². The Morgan fingerprint density at radius 1 is 0.645 bits per heavy atom. The predicted molar refractivity (Wildman–Crippen MR) is 129 cm³/mol. The number of hydrogen-bond acceptors (Lipinski definition) is 3. The lowest BCUT2D eigenvalue weighted by atomic mass is 9.88. The van der Waals surface area contributed by atoms with Gasteiger partial charge in [-0.3, -0.25) is 0 Å². The van der Waals surface area contributed by atoms with E-state index in [9.17, 15) is 0 Å². The topological polar surface area (TPSA) is 30.5 Å². The Bertz CT molecular complexity index is 887. The van der Waals surface area contributed by atoms with Crippen molar-refractivity contribution in [1.82, 2.24) is 5.32 Å². The summed E-state index contributed by atoms with van der Waals surface area (Å²) in [6.45, 7) is 9.99. The Labute approximate surface area is 187 Å². The van der Waals surface area contributed by atoms with E-state index in [1.54, 1.807) is 0 Å². The fourth-order valence-corrected chi connectivity index (χ4v) is 3.70. The summed E-state index contributed by atoms with van der Waals surface area (Å²) < 4.78 is 11.5. The highest BCUT2D eigenvalue weighted by Gasteiger charge is 2.14. The maximum Gasteiger partial charge on any atom is 0.119 e. The third-order valence-electron chi connectivity index (χ3n) is 5.09. The first kappa shape index (κ1) is 22.9. The molecule has 0 heterocycles. The maximum atomic E-state index is 5.81. The number of nitrogens with one attached hydrogen (secondary N) is 1. The number of benzene rings is 3. The first-order valence-electron chi connectivity index (χ1n) is 11.3.